The van der Waals surface area contributed by atoms with Gasteiger partial charge in [0.15, 0.2) is 0 Å². The van der Waals surface area contributed by atoms with E-state index in [1.807, 2.05) is 0 Å². The zero-order valence-corrected chi connectivity index (χ0v) is 13.3. The Kier molecular flexibility index (Phi) is 3.24. The molecule has 3 heteroatoms. The van der Waals surface area contributed by atoms with E-state index in [9.17, 15) is 4.79 Å². The van der Waals surface area contributed by atoms with Gasteiger partial charge in [-0.25, -0.2) is 0 Å². The van der Waals surface area contributed by atoms with Crippen LogP contribution in [0.5, 0.6) is 0 Å². The Morgan fingerprint density at radius 2 is 2.14 bits per heavy atom. The maximum absolute atomic E-state index is 12.5. The van der Waals surface area contributed by atoms with Gasteiger partial charge < -0.3 is 9.88 Å². The Morgan fingerprint density at radius 1 is 1.27 bits per heavy atom. The van der Waals surface area contributed by atoms with Crippen LogP contribution >= 0.6 is 0 Å². The summed E-state index contributed by atoms with van der Waals surface area (Å²) in [6, 6.07) is 8.59. The summed E-state index contributed by atoms with van der Waals surface area (Å²) >= 11 is 0. The van der Waals surface area contributed by atoms with Crippen molar-refractivity contribution in [2.24, 2.45) is 0 Å². The van der Waals surface area contributed by atoms with Crippen LogP contribution in [0.1, 0.15) is 56.7 Å². The molecule has 0 radical (unpaired) electrons. The molecule has 1 aromatic carbocycles. The van der Waals surface area contributed by atoms with Crippen molar-refractivity contribution in [2.45, 2.75) is 57.4 Å². The summed E-state index contributed by atoms with van der Waals surface area (Å²) in [5, 5.41) is 1.35. The van der Waals surface area contributed by atoms with Crippen LogP contribution in [0.3, 0.4) is 0 Å². The number of nitrogens with one attached hydrogen (secondary N) is 1. The van der Waals surface area contributed by atoms with Crippen molar-refractivity contribution in [1.82, 2.24) is 9.88 Å². The van der Waals surface area contributed by atoms with Gasteiger partial charge in [0.2, 0.25) is 5.91 Å². The van der Waals surface area contributed by atoms with Crippen LogP contribution in [-0.2, 0) is 16.8 Å². The lowest BCUT2D eigenvalue weighted by Crippen LogP contribution is -2.55. The first-order chi connectivity index (χ1) is 10.8. The van der Waals surface area contributed by atoms with Gasteiger partial charge in [0, 0.05) is 29.6 Å². The number of aromatic amines is 1. The fraction of sp³-hybridized carbons (Fsp3) is 0.526. The molecule has 1 N–H and O–H groups in total. The number of unbranched alkanes of at least 4 members (excludes halogenated alkanes) is 1. The number of hydrogen-bond acceptors (Lipinski definition) is 1. The van der Waals surface area contributed by atoms with E-state index in [2.05, 4.69) is 41.1 Å². The Morgan fingerprint density at radius 3 is 3.00 bits per heavy atom. The minimum Gasteiger partial charge on any atom is -0.356 e. The molecule has 116 valence electrons. The third-order valence-electron chi connectivity index (χ3n) is 5.61. The lowest BCUT2D eigenvalue weighted by atomic mass is 9.75. The third-order valence-corrected chi connectivity index (χ3v) is 5.61. The van der Waals surface area contributed by atoms with Gasteiger partial charge in [-0.1, -0.05) is 38.0 Å². The normalized spacial score (nSPS) is 24.4. The summed E-state index contributed by atoms with van der Waals surface area (Å²) in [5.74, 6) is 0.353. The van der Waals surface area contributed by atoms with Crippen molar-refractivity contribution in [1.29, 1.82) is 0 Å². The molecule has 2 aromatic rings. The molecule has 1 atom stereocenters. The number of para-hydroxylation sites is 1. The van der Waals surface area contributed by atoms with Gasteiger partial charge in [0.25, 0.3) is 0 Å². The SMILES string of the molecule is CCCC[C@]12CCCC(=O)N1CCc1c2[nH]c2ccccc12. The van der Waals surface area contributed by atoms with Crippen LogP contribution in [0.15, 0.2) is 24.3 Å². The van der Waals surface area contributed by atoms with Gasteiger partial charge in [-0.2, -0.15) is 0 Å². The first-order valence-electron chi connectivity index (χ1n) is 8.67. The van der Waals surface area contributed by atoms with E-state index in [-0.39, 0.29) is 5.54 Å². The number of fused-ring (bicyclic) bond motifs is 5. The van der Waals surface area contributed by atoms with E-state index in [4.69, 9.17) is 0 Å². The highest BCUT2D eigenvalue weighted by molar-refractivity contribution is 5.87. The molecule has 1 saturated heterocycles. The minimum atomic E-state index is -0.0715. The fourth-order valence-electron chi connectivity index (χ4n) is 4.57. The number of nitrogens with zero attached hydrogens (tertiary/aromatic N) is 1. The monoisotopic (exact) mass is 296 g/mol. The van der Waals surface area contributed by atoms with E-state index in [0.29, 0.717) is 5.91 Å². The van der Waals surface area contributed by atoms with Crippen LogP contribution < -0.4 is 0 Å². The second kappa shape index (κ2) is 5.15. The highest BCUT2D eigenvalue weighted by Gasteiger charge is 2.47. The van der Waals surface area contributed by atoms with Crippen LogP contribution in [0, 0.1) is 0 Å². The number of H-pyrrole nitrogens is 1. The zero-order chi connectivity index (χ0) is 15.2. The number of hydrogen-bond donors (Lipinski definition) is 1. The largest absolute Gasteiger partial charge is 0.356 e. The molecule has 22 heavy (non-hydrogen) atoms. The van der Waals surface area contributed by atoms with Gasteiger partial charge >= 0.3 is 0 Å². The molecule has 2 aliphatic rings. The molecule has 2 aliphatic heterocycles. The van der Waals surface area contributed by atoms with E-state index in [0.717, 1.165) is 38.6 Å². The minimum absolute atomic E-state index is 0.0715. The van der Waals surface area contributed by atoms with Crippen molar-refractivity contribution in [3.63, 3.8) is 0 Å². The van der Waals surface area contributed by atoms with Crippen molar-refractivity contribution < 1.29 is 4.79 Å². The molecule has 3 heterocycles. The van der Waals surface area contributed by atoms with Crippen molar-refractivity contribution >= 4 is 16.8 Å². The van der Waals surface area contributed by atoms with Gasteiger partial charge in [0.1, 0.15) is 0 Å². The molecule has 3 nitrogen and oxygen atoms in total. The number of aromatic nitrogens is 1. The Hall–Kier alpha value is -1.77. The number of rotatable bonds is 3. The lowest BCUT2D eigenvalue weighted by Gasteiger charge is -2.50. The van der Waals surface area contributed by atoms with E-state index < -0.39 is 0 Å². The van der Waals surface area contributed by atoms with Crippen molar-refractivity contribution in [3.8, 4) is 0 Å². The molecular formula is C19H24N2O. The Labute approximate surface area is 131 Å². The molecule has 4 rings (SSSR count). The quantitative estimate of drug-likeness (QED) is 0.908. The van der Waals surface area contributed by atoms with E-state index >= 15 is 0 Å². The summed E-state index contributed by atoms with van der Waals surface area (Å²) < 4.78 is 0. The molecule has 1 aromatic heterocycles. The first-order valence-corrected chi connectivity index (χ1v) is 8.67. The van der Waals surface area contributed by atoms with Crippen molar-refractivity contribution in [2.75, 3.05) is 6.54 Å². The Balaban J connectivity index is 1.90. The van der Waals surface area contributed by atoms with Crippen LogP contribution in [0.25, 0.3) is 10.9 Å². The number of piperidine rings is 1. The molecule has 0 unspecified atom stereocenters. The topological polar surface area (TPSA) is 36.1 Å². The lowest BCUT2D eigenvalue weighted by molar-refractivity contribution is -0.144. The molecule has 0 spiro atoms. The van der Waals surface area contributed by atoms with Crippen LogP contribution in [-0.4, -0.2) is 22.3 Å². The summed E-state index contributed by atoms with van der Waals surface area (Å²) in [7, 11) is 0. The maximum Gasteiger partial charge on any atom is 0.223 e. The third kappa shape index (κ3) is 1.84. The average Bonchev–Trinajstić information content (AvgIpc) is 2.93. The summed E-state index contributed by atoms with van der Waals surface area (Å²) in [5.41, 5.74) is 3.94. The second-order valence-corrected chi connectivity index (χ2v) is 6.81. The van der Waals surface area contributed by atoms with Gasteiger partial charge in [0.05, 0.1) is 5.54 Å². The number of amides is 1. The van der Waals surface area contributed by atoms with Gasteiger partial charge in [-0.15, -0.1) is 0 Å². The van der Waals surface area contributed by atoms with Gasteiger partial charge in [-0.05, 0) is 37.3 Å². The standard InChI is InChI=1S/C19H24N2O/c1-2-3-11-19-12-6-9-17(22)21(19)13-10-15-14-7-4-5-8-16(14)20-18(15)19/h4-5,7-8,20H,2-3,6,9-13H2,1H3/t19-/m1/s1. The molecule has 0 bridgehead atoms. The second-order valence-electron chi connectivity index (χ2n) is 6.81. The number of benzene rings is 1. The molecule has 1 amide bonds. The van der Waals surface area contributed by atoms with E-state index in [1.165, 1.54) is 35.0 Å². The highest BCUT2D eigenvalue weighted by atomic mass is 16.2. The van der Waals surface area contributed by atoms with Crippen molar-refractivity contribution in [3.05, 3.63) is 35.5 Å². The maximum atomic E-state index is 12.5. The molecule has 0 saturated carbocycles. The molecular weight excluding hydrogens is 272 g/mol. The number of carbonyl (C=O) groups is 1. The zero-order valence-electron chi connectivity index (χ0n) is 13.3. The Bertz CT molecular complexity index is 717. The fourth-order valence-corrected chi connectivity index (χ4v) is 4.57. The average molecular weight is 296 g/mol. The van der Waals surface area contributed by atoms with Crippen LogP contribution in [0.4, 0.5) is 0 Å². The summed E-state index contributed by atoms with van der Waals surface area (Å²) in [6.45, 7) is 3.12. The van der Waals surface area contributed by atoms with E-state index in [1.54, 1.807) is 0 Å². The number of carbonyl (C=O) groups excluding carboxylic acids is 1. The summed E-state index contributed by atoms with van der Waals surface area (Å²) in [4.78, 5) is 18.4. The summed E-state index contributed by atoms with van der Waals surface area (Å²) in [6.07, 6.45) is 7.29. The van der Waals surface area contributed by atoms with Gasteiger partial charge in [-0.3, -0.25) is 4.79 Å². The molecule has 0 aliphatic carbocycles. The smallest absolute Gasteiger partial charge is 0.223 e. The predicted octanol–water partition coefficient (Wildman–Crippen LogP) is 4.12. The predicted molar refractivity (Wildman–Crippen MR) is 88.8 cm³/mol. The van der Waals surface area contributed by atoms with Crippen LogP contribution in [0.2, 0.25) is 0 Å². The highest BCUT2D eigenvalue weighted by Crippen LogP contribution is 2.47. The molecule has 1 fully saturated rings. The first kappa shape index (κ1) is 13.9.